The normalized spacial score (nSPS) is 20.7. The van der Waals surface area contributed by atoms with Crippen LogP contribution in [0.15, 0.2) is 30.3 Å². The standard InChI is InChI=1S/C23H29N5O4/c1-23(22(31)25-16-9-5-6-10-16)14-28-18(21(30)27(23)2)12-17(26-28)20(29)24-13-15-8-4-7-11-19(15)32-3/h4,7-8,11-12,16H,5-6,9-10,13-14H2,1-3H3,(H,24,29)(H,25,31)/t23-/m1/s1. The van der Waals surface area contributed by atoms with Crippen molar-refractivity contribution in [2.75, 3.05) is 14.2 Å². The molecular formula is C23H29N5O4. The highest BCUT2D eigenvalue weighted by atomic mass is 16.5. The molecule has 1 saturated carbocycles. The summed E-state index contributed by atoms with van der Waals surface area (Å²) in [6.45, 7) is 2.19. The molecule has 2 N–H and O–H groups in total. The number of likely N-dealkylation sites (N-methyl/N-ethyl adjacent to an activating group) is 1. The minimum absolute atomic E-state index is 0.136. The van der Waals surface area contributed by atoms with Gasteiger partial charge in [0.25, 0.3) is 11.8 Å². The Hall–Kier alpha value is -3.36. The summed E-state index contributed by atoms with van der Waals surface area (Å²) in [4.78, 5) is 40.2. The molecule has 1 fully saturated rings. The maximum atomic E-state index is 13.1. The number of nitrogens with one attached hydrogen (secondary N) is 2. The Morgan fingerprint density at radius 1 is 1.25 bits per heavy atom. The molecule has 170 valence electrons. The smallest absolute Gasteiger partial charge is 0.272 e. The second-order valence-electron chi connectivity index (χ2n) is 8.66. The third-order valence-electron chi connectivity index (χ3n) is 6.55. The molecule has 9 nitrogen and oxygen atoms in total. The first kappa shape index (κ1) is 21.9. The number of amides is 3. The predicted molar refractivity (Wildman–Crippen MR) is 117 cm³/mol. The van der Waals surface area contributed by atoms with Crippen LogP contribution < -0.4 is 15.4 Å². The Labute approximate surface area is 187 Å². The molecule has 1 atom stereocenters. The van der Waals surface area contributed by atoms with Gasteiger partial charge in [0.15, 0.2) is 5.69 Å². The first-order valence-corrected chi connectivity index (χ1v) is 10.9. The average Bonchev–Trinajstić information content (AvgIpc) is 3.46. The zero-order chi connectivity index (χ0) is 22.9. The Kier molecular flexibility index (Phi) is 5.90. The number of nitrogens with zero attached hydrogens (tertiary/aromatic N) is 3. The van der Waals surface area contributed by atoms with Gasteiger partial charge in [-0.3, -0.25) is 19.1 Å². The van der Waals surface area contributed by atoms with Gasteiger partial charge in [-0.15, -0.1) is 0 Å². The van der Waals surface area contributed by atoms with E-state index in [0.717, 1.165) is 31.2 Å². The van der Waals surface area contributed by atoms with Gasteiger partial charge >= 0.3 is 0 Å². The molecule has 32 heavy (non-hydrogen) atoms. The topological polar surface area (TPSA) is 106 Å². The molecule has 2 aromatic rings. The van der Waals surface area contributed by atoms with Crippen molar-refractivity contribution in [3.8, 4) is 5.75 Å². The molecule has 0 unspecified atom stereocenters. The molecule has 4 rings (SSSR count). The monoisotopic (exact) mass is 439 g/mol. The Morgan fingerprint density at radius 2 is 1.97 bits per heavy atom. The summed E-state index contributed by atoms with van der Waals surface area (Å²) in [6.07, 6.45) is 4.13. The van der Waals surface area contributed by atoms with E-state index in [4.69, 9.17) is 4.74 Å². The summed E-state index contributed by atoms with van der Waals surface area (Å²) in [5.41, 5.74) is 0.182. The first-order chi connectivity index (χ1) is 15.3. The number of carbonyl (C=O) groups excluding carboxylic acids is 3. The second-order valence-corrected chi connectivity index (χ2v) is 8.66. The quantitative estimate of drug-likeness (QED) is 0.713. The van der Waals surface area contributed by atoms with Gasteiger partial charge in [-0.1, -0.05) is 31.0 Å². The zero-order valence-electron chi connectivity index (χ0n) is 18.7. The number of rotatable bonds is 6. The summed E-state index contributed by atoms with van der Waals surface area (Å²) in [6, 6.07) is 9.04. The van der Waals surface area contributed by atoms with E-state index in [9.17, 15) is 14.4 Å². The van der Waals surface area contributed by atoms with Crippen LogP contribution in [0, 0.1) is 0 Å². The first-order valence-electron chi connectivity index (χ1n) is 10.9. The van der Waals surface area contributed by atoms with E-state index in [1.165, 1.54) is 15.6 Å². The lowest BCUT2D eigenvalue weighted by Gasteiger charge is -2.41. The van der Waals surface area contributed by atoms with Crippen LogP contribution >= 0.6 is 0 Å². The van der Waals surface area contributed by atoms with E-state index in [-0.39, 0.29) is 36.6 Å². The van der Waals surface area contributed by atoms with Crippen molar-refractivity contribution in [2.45, 2.75) is 57.3 Å². The SMILES string of the molecule is COc1ccccc1CNC(=O)c1cc2n(n1)C[C@](C)(C(=O)NC1CCCC1)N(C)C2=O. The fraction of sp³-hybridized carbons (Fsp3) is 0.478. The third kappa shape index (κ3) is 3.94. The van der Waals surface area contributed by atoms with Crippen LogP contribution in [0.25, 0.3) is 0 Å². The van der Waals surface area contributed by atoms with Crippen LogP contribution in [0.2, 0.25) is 0 Å². The highest BCUT2D eigenvalue weighted by Crippen LogP contribution is 2.27. The number of hydrogen-bond donors (Lipinski definition) is 2. The number of aromatic nitrogens is 2. The van der Waals surface area contributed by atoms with Gasteiger partial charge < -0.3 is 20.3 Å². The van der Waals surface area contributed by atoms with Crippen molar-refractivity contribution in [3.63, 3.8) is 0 Å². The molecule has 1 aliphatic heterocycles. The maximum absolute atomic E-state index is 13.1. The molecule has 2 aliphatic rings. The fourth-order valence-corrected chi connectivity index (χ4v) is 4.36. The lowest BCUT2D eigenvalue weighted by Crippen LogP contribution is -2.63. The summed E-state index contributed by atoms with van der Waals surface area (Å²) in [7, 11) is 3.19. The minimum atomic E-state index is -1.08. The summed E-state index contributed by atoms with van der Waals surface area (Å²) in [5, 5.41) is 10.2. The highest BCUT2D eigenvalue weighted by molar-refractivity contribution is 6.01. The molecule has 0 radical (unpaired) electrons. The minimum Gasteiger partial charge on any atom is -0.496 e. The number of benzene rings is 1. The fourth-order valence-electron chi connectivity index (χ4n) is 4.36. The van der Waals surface area contributed by atoms with Crippen molar-refractivity contribution in [2.24, 2.45) is 0 Å². The number of para-hydroxylation sites is 1. The number of ether oxygens (including phenoxy) is 1. The molecular weight excluding hydrogens is 410 g/mol. The van der Waals surface area contributed by atoms with E-state index in [0.29, 0.717) is 11.4 Å². The van der Waals surface area contributed by atoms with Crippen LogP contribution in [0.1, 0.15) is 59.1 Å². The summed E-state index contributed by atoms with van der Waals surface area (Å²) < 4.78 is 6.78. The lowest BCUT2D eigenvalue weighted by atomic mass is 9.95. The predicted octanol–water partition coefficient (Wildman–Crippen LogP) is 1.72. The second kappa shape index (κ2) is 8.64. The lowest BCUT2D eigenvalue weighted by molar-refractivity contribution is -0.133. The van der Waals surface area contributed by atoms with Crippen LogP contribution in [0.4, 0.5) is 0 Å². The van der Waals surface area contributed by atoms with Crippen LogP contribution in [0.3, 0.4) is 0 Å². The van der Waals surface area contributed by atoms with Gasteiger partial charge in [0, 0.05) is 31.3 Å². The van der Waals surface area contributed by atoms with Gasteiger partial charge in [0.1, 0.15) is 17.0 Å². The van der Waals surface area contributed by atoms with Gasteiger partial charge in [-0.2, -0.15) is 5.10 Å². The van der Waals surface area contributed by atoms with E-state index in [2.05, 4.69) is 15.7 Å². The molecule has 3 amide bonds. The molecule has 9 heteroatoms. The van der Waals surface area contributed by atoms with Crippen LogP contribution in [0.5, 0.6) is 5.75 Å². The van der Waals surface area contributed by atoms with E-state index >= 15 is 0 Å². The van der Waals surface area contributed by atoms with Crippen molar-refractivity contribution in [1.29, 1.82) is 0 Å². The van der Waals surface area contributed by atoms with Crippen molar-refractivity contribution in [3.05, 3.63) is 47.3 Å². The zero-order valence-corrected chi connectivity index (χ0v) is 18.7. The highest BCUT2D eigenvalue weighted by Gasteiger charge is 2.46. The molecule has 1 aromatic carbocycles. The number of methoxy groups -OCH3 is 1. The molecule has 0 bridgehead atoms. The Bertz CT molecular complexity index is 1040. The van der Waals surface area contributed by atoms with Crippen molar-refractivity contribution >= 4 is 17.7 Å². The summed E-state index contributed by atoms with van der Waals surface area (Å²) >= 11 is 0. The molecule has 2 heterocycles. The van der Waals surface area contributed by atoms with Crippen molar-refractivity contribution < 1.29 is 19.1 Å². The van der Waals surface area contributed by atoms with E-state index < -0.39 is 11.4 Å². The van der Waals surface area contributed by atoms with Crippen LogP contribution in [-0.2, 0) is 17.9 Å². The van der Waals surface area contributed by atoms with Gasteiger partial charge in [0.2, 0.25) is 5.91 Å². The van der Waals surface area contributed by atoms with Gasteiger partial charge in [-0.25, -0.2) is 0 Å². The largest absolute Gasteiger partial charge is 0.496 e. The number of hydrogen-bond acceptors (Lipinski definition) is 5. The Balaban J connectivity index is 1.49. The van der Waals surface area contributed by atoms with Gasteiger partial charge in [-0.05, 0) is 25.8 Å². The molecule has 1 aromatic heterocycles. The number of carbonyl (C=O) groups is 3. The average molecular weight is 440 g/mol. The molecule has 1 aliphatic carbocycles. The molecule has 0 spiro atoms. The molecule has 0 saturated heterocycles. The third-order valence-corrected chi connectivity index (χ3v) is 6.55. The van der Waals surface area contributed by atoms with Gasteiger partial charge in [0.05, 0.1) is 13.7 Å². The summed E-state index contributed by atoms with van der Waals surface area (Å²) in [5.74, 6) is -0.247. The van der Waals surface area contributed by atoms with E-state index in [1.807, 2.05) is 24.3 Å². The maximum Gasteiger partial charge on any atom is 0.272 e. The Morgan fingerprint density at radius 3 is 2.69 bits per heavy atom. The van der Waals surface area contributed by atoms with Crippen LogP contribution in [-0.4, -0.2) is 58.1 Å². The number of fused-ring (bicyclic) bond motifs is 1. The van der Waals surface area contributed by atoms with Crippen molar-refractivity contribution in [1.82, 2.24) is 25.3 Å². The van der Waals surface area contributed by atoms with E-state index in [1.54, 1.807) is 21.1 Å².